The van der Waals surface area contributed by atoms with Crippen molar-refractivity contribution in [2.24, 2.45) is 0 Å². The second kappa shape index (κ2) is 11.2. The van der Waals surface area contributed by atoms with E-state index < -0.39 is 0 Å². The number of rotatable bonds is 10. The zero-order valence-electron chi connectivity index (χ0n) is 19.2. The molecule has 2 aromatic carbocycles. The Labute approximate surface area is 191 Å². The summed E-state index contributed by atoms with van der Waals surface area (Å²) in [7, 11) is 3.48. The number of hydrogen-bond acceptors (Lipinski definition) is 5. The van der Waals surface area contributed by atoms with Crippen LogP contribution in [0.5, 0.6) is 5.75 Å². The summed E-state index contributed by atoms with van der Waals surface area (Å²) in [5, 5.41) is 4.85. The van der Waals surface area contributed by atoms with Gasteiger partial charge in [0.25, 0.3) is 0 Å². The summed E-state index contributed by atoms with van der Waals surface area (Å²) in [5.41, 5.74) is 4.53. The zero-order chi connectivity index (χ0) is 22.2. The van der Waals surface area contributed by atoms with Crippen molar-refractivity contribution in [3.63, 3.8) is 0 Å². The van der Waals surface area contributed by atoms with E-state index >= 15 is 0 Å². The highest BCUT2D eigenvalue weighted by molar-refractivity contribution is 5.58. The molecule has 1 aliphatic rings. The molecule has 1 aliphatic heterocycles. The maximum absolute atomic E-state index is 5.53. The van der Waals surface area contributed by atoms with Crippen molar-refractivity contribution < 1.29 is 9.47 Å². The molecule has 0 radical (unpaired) electrons. The third-order valence-corrected chi connectivity index (χ3v) is 6.08. The summed E-state index contributed by atoms with van der Waals surface area (Å²) in [5.74, 6) is 0.962. The fraction of sp³-hybridized carbons (Fsp3) is 0.423. The quantitative estimate of drug-likeness (QED) is 0.448. The molecule has 0 aliphatic carbocycles. The van der Waals surface area contributed by atoms with Crippen LogP contribution in [0.2, 0.25) is 0 Å². The first-order valence-electron chi connectivity index (χ1n) is 11.5. The van der Waals surface area contributed by atoms with Crippen LogP contribution in [0.25, 0.3) is 5.69 Å². The van der Waals surface area contributed by atoms with Crippen LogP contribution in [-0.2, 0) is 17.8 Å². The van der Waals surface area contributed by atoms with E-state index in [9.17, 15) is 0 Å². The zero-order valence-corrected chi connectivity index (χ0v) is 19.2. The SMILES string of the molecule is COCc1cc(CCCCN2CCN(c3ccccc3OC)CC2)nn1-c1ccccc1. The van der Waals surface area contributed by atoms with Crippen LogP contribution in [0.3, 0.4) is 0 Å². The Hall–Kier alpha value is -2.83. The lowest BCUT2D eigenvalue weighted by atomic mass is 10.1. The van der Waals surface area contributed by atoms with Crippen LogP contribution < -0.4 is 9.64 Å². The maximum Gasteiger partial charge on any atom is 0.142 e. The van der Waals surface area contributed by atoms with Crippen LogP contribution in [0.15, 0.2) is 60.7 Å². The van der Waals surface area contributed by atoms with Crippen molar-refractivity contribution in [1.29, 1.82) is 0 Å². The molecular formula is C26H34N4O2. The number of hydrogen-bond donors (Lipinski definition) is 0. The Morgan fingerprint density at radius 1 is 0.875 bits per heavy atom. The van der Waals surface area contributed by atoms with E-state index in [0.717, 1.165) is 68.4 Å². The van der Waals surface area contributed by atoms with Crippen molar-refractivity contribution in [3.8, 4) is 11.4 Å². The fourth-order valence-corrected chi connectivity index (χ4v) is 4.39. The van der Waals surface area contributed by atoms with Gasteiger partial charge in [-0.3, -0.25) is 4.90 Å². The topological polar surface area (TPSA) is 42.8 Å². The number of unbranched alkanes of at least 4 members (excludes halogenated alkanes) is 1. The minimum atomic E-state index is 0.568. The van der Waals surface area contributed by atoms with Crippen molar-refractivity contribution >= 4 is 5.69 Å². The number of anilines is 1. The van der Waals surface area contributed by atoms with Crippen molar-refractivity contribution in [1.82, 2.24) is 14.7 Å². The van der Waals surface area contributed by atoms with Crippen LogP contribution in [-0.4, -0.2) is 61.6 Å². The van der Waals surface area contributed by atoms with Gasteiger partial charge in [0.2, 0.25) is 0 Å². The normalized spacial score (nSPS) is 14.6. The van der Waals surface area contributed by atoms with E-state index in [-0.39, 0.29) is 0 Å². The molecule has 0 bridgehead atoms. The second-order valence-electron chi connectivity index (χ2n) is 8.27. The number of ether oxygens (including phenoxy) is 2. The highest BCUT2D eigenvalue weighted by Crippen LogP contribution is 2.28. The third-order valence-electron chi connectivity index (χ3n) is 6.08. The molecule has 2 heterocycles. The number of piperazine rings is 1. The fourth-order valence-electron chi connectivity index (χ4n) is 4.39. The van der Waals surface area contributed by atoms with Crippen LogP contribution in [0.1, 0.15) is 24.2 Å². The molecule has 0 spiro atoms. The summed E-state index contributed by atoms with van der Waals surface area (Å²) in [6.07, 6.45) is 3.33. The van der Waals surface area contributed by atoms with Gasteiger partial charge in [0.05, 0.1) is 36.5 Å². The smallest absolute Gasteiger partial charge is 0.142 e. The lowest BCUT2D eigenvalue weighted by Gasteiger charge is -2.36. The molecule has 4 rings (SSSR count). The molecule has 0 atom stereocenters. The average molecular weight is 435 g/mol. The Balaban J connectivity index is 1.24. The predicted molar refractivity (Wildman–Crippen MR) is 129 cm³/mol. The summed E-state index contributed by atoms with van der Waals surface area (Å²) >= 11 is 0. The van der Waals surface area contributed by atoms with E-state index in [1.807, 2.05) is 35.0 Å². The van der Waals surface area contributed by atoms with Gasteiger partial charge in [0.15, 0.2) is 0 Å². The van der Waals surface area contributed by atoms with Gasteiger partial charge >= 0.3 is 0 Å². The molecule has 0 N–H and O–H groups in total. The number of aromatic nitrogens is 2. The van der Waals surface area contributed by atoms with Crippen LogP contribution in [0, 0.1) is 0 Å². The largest absolute Gasteiger partial charge is 0.495 e. The molecular weight excluding hydrogens is 400 g/mol. The number of benzene rings is 2. The van der Waals surface area contributed by atoms with Gasteiger partial charge in [-0.05, 0) is 56.1 Å². The van der Waals surface area contributed by atoms with E-state index in [4.69, 9.17) is 14.6 Å². The summed E-state index contributed by atoms with van der Waals surface area (Å²) < 4.78 is 12.9. The molecule has 0 unspecified atom stereocenters. The first-order valence-corrected chi connectivity index (χ1v) is 11.5. The molecule has 0 amide bonds. The average Bonchev–Trinajstić information content (AvgIpc) is 3.25. The molecule has 3 aromatic rings. The van der Waals surface area contributed by atoms with Gasteiger partial charge in [-0.25, -0.2) is 4.68 Å². The predicted octanol–water partition coefficient (Wildman–Crippen LogP) is 4.17. The van der Waals surface area contributed by atoms with Gasteiger partial charge in [0, 0.05) is 33.3 Å². The number of nitrogens with zero attached hydrogens (tertiary/aromatic N) is 4. The van der Waals surface area contributed by atoms with E-state index in [0.29, 0.717) is 6.61 Å². The highest BCUT2D eigenvalue weighted by Gasteiger charge is 2.19. The first kappa shape index (κ1) is 22.4. The molecule has 6 heteroatoms. The minimum absolute atomic E-state index is 0.568. The standard InChI is InChI=1S/C26H34N4O2/c1-31-21-24-20-22(27-30(24)23-11-4-3-5-12-23)10-8-9-15-28-16-18-29(19-17-28)25-13-6-7-14-26(25)32-2/h3-7,11-14,20H,8-10,15-19,21H2,1-2H3. The molecule has 6 nitrogen and oxygen atoms in total. The Morgan fingerprint density at radius 2 is 1.62 bits per heavy atom. The molecule has 1 fully saturated rings. The van der Waals surface area contributed by atoms with Crippen molar-refractivity contribution in [2.45, 2.75) is 25.9 Å². The lowest BCUT2D eigenvalue weighted by Crippen LogP contribution is -2.46. The van der Waals surface area contributed by atoms with E-state index in [1.165, 1.54) is 12.1 Å². The molecule has 1 aromatic heterocycles. The molecule has 32 heavy (non-hydrogen) atoms. The molecule has 170 valence electrons. The van der Waals surface area contributed by atoms with Gasteiger partial charge < -0.3 is 14.4 Å². The van der Waals surface area contributed by atoms with E-state index in [1.54, 1.807) is 14.2 Å². The van der Waals surface area contributed by atoms with E-state index in [2.05, 4.69) is 40.1 Å². The third kappa shape index (κ3) is 5.50. The first-order chi connectivity index (χ1) is 15.8. The Kier molecular flexibility index (Phi) is 7.80. The van der Waals surface area contributed by atoms with Gasteiger partial charge in [-0.2, -0.15) is 5.10 Å². The lowest BCUT2D eigenvalue weighted by molar-refractivity contribution is 0.179. The van der Waals surface area contributed by atoms with Crippen LogP contribution >= 0.6 is 0 Å². The summed E-state index contributed by atoms with van der Waals surface area (Å²) in [6.45, 7) is 5.99. The monoisotopic (exact) mass is 434 g/mol. The molecule has 0 saturated carbocycles. The van der Waals surface area contributed by atoms with Gasteiger partial charge in [0.1, 0.15) is 5.75 Å². The molecule has 1 saturated heterocycles. The number of methoxy groups -OCH3 is 2. The van der Waals surface area contributed by atoms with Crippen molar-refractivity contribution in [3.05, 3.63) is 72.1 Å². The number of aryl methyl sites for hydroxylation is 1. The van der Waals surface area contributed by atoms with Gasteiger partial charge in [-0.15, -0.1) is 0 Å². The summed E-state index contributed by atoms with van der Waals surface area (Å²) in [4.78, 5) is 5.01. The number of para-hydroxylation sites is 3. The van der Waals surface area contributed by atoms with Crippen LogP contribution in [0.4, 0.5) is 5.69 Å². The van der Waals surface area contributed by atoms with Crippen molar-refractivity contribution in [2.75, 3.05) is 51.8 Å². The minimum Gasteiger partial charge on any atom is -0.495 e. The van der Waals surface area contributed by atoms with Gasteiger partial charge in [-0.1, -0.05) is 30.3 Å². The highest BCUT2D eigenvalue weighted by atomic mass is 16.5. The maximum atomic E-state index is 5.53. The Bertz CT molecular complexity index is 965. The second-order valence-corrected chi connectivity index (χ2v) is 8.27. The summed E-state index contributed by atoms with van der Waals surface area (Å²) in [6, 6.07) is 20.8. The Morgan fingerprint density at radius 3 is 2.38 bits per heavy atom.